The molecule has 4 N–H and O–H groups in total. The number of anilines is 2. The number of H-pyrrole nitrogens is 1. The lowest BCUT2D eigenvalue weighted by Crippen LogP contribution is -2.18. The Kier molecular flexibility index (Phi) is 17.6. The molecule has 83 heavy (non-hydrogen) atoms. The number of ketones is 2. The van der Waals surface area contributed by atoms with Crippen molar-refractivity contribution in [1.29, 1.82) is 0 Å². The zero-order valence-corrected chi connectivity index (χ0v) is 46.3. The van der Waals surface area contributed by atoms with E-state index in [-0.39, 0.29) is 43.5 Å². The molecule has 0 radical (unpaired) electrons. The minimum absolute atomic E-state index is 0.00829. The number of rotatable bonds is 13. The highest BCUT2D eigenvalue weighted by Gasteiger charge is 2.28. The molecule has 11 rings (SSSR count). The van der Waals surface area contributed by atoms with Gasteiger partial charge in [0.25, 0.3) is 5.91 Å². The van der Waals surface area contributed by atoms with Crippen molar-refractivity contribution in [2.75, 3.05) is 10.5 Å². The highest BCUT2D eigenvalue weighted by Crippen LogP contribution is 2.34. The van der Waals surface area contributed by atoms with Crippen LogP contribution in [0.4, 0.5) is 28.9 Å². The first-order chi connectivity index (χ1) is 39.7. The molecule has 0 amide bonds. The van der Waals surface area contributed by atoms with E-state index >= 15 is 4.39 Å². The normalized spacial score (nSPS) is 11.3. The standard InChI is InChI=1S/C26H14Cl2F2N4O2.C26H18F2N4O3S.C7H7ClO2S/c27-18-2-1-3-19(28)21(18)26(36)34-12-17(24(35)15-4-5-20(29)23(31)22(15)30)16-10-14(11-33-25(16)34)13-6-8-32-9-7-13;27-22-7-6-19(23(28)24(22)32-36(34,35)15-16-4-2-1-3-5-16)25(33)21-14-31-26-20(21)12-18(13-30-26)17-8-10-29-11-9-17;8-11(9,10)6-7-4-2-1-3-5-7/h1-12H,31H2;1-14,32H,15H2,(H,30,31);1-5H,6H2. The predicted octanol–water partition coefficient (Wildman–Crippen LogP) is 13.0. The van der Waals surface area contributed by atoms with Crippen molar-refractivity contribution in [2.24, 2.45) is 0 Å². The first-order valence-electron chi connectivity index (χ1n) is 24.3. The Labute approximate surface area is 484 Å². The summed E-state index contributed by atoms with van der Waals surface area (Å²) in [5.74, 6) is -7.42. The van der Waals surface area contributed by atoms with E-state index in [1.807, 2.05) is 10.8 Å². The maximum atomic E-state index is 15.4. The first kappa shape index (κ1) is 58.5. The van der Waals surface area contributed by atoms with E-state index in [0.717, 1.165) is 40.0 Å². The number of pyridine rings is 4. The van der Waals surface area contributed by atoms with Crippen molar-refractivity contribution >= 4 is 104 Å². The van der Waals surface area contributed by atoms with Crippen molar-refractivity contribution < 1.29 is 48.8 Å². The predicted molar refractivity (Wildman–Crippen MR) is 310 cm³/mol. The summed E-state index contributed by atoms with van der Waals surface area (Å²) in [5, 5.41) is 0.901. The lowest BCUT2D eigenvalue weighted by atomic mass is 10.0. The molecule has 0 fully saturated rings. The number of hydrogen-bond donors (Lipinski definition) is 3. The molecule has 0 bridgehead atoms. The molecule has 0 atom stereocenters. The molecular weight excluding hydrogens is 1180 g/mol. The number of aromatic amines is 1. The van der Waals surface area contributed by atoms with Gasteiger partial charge < -0.3 is 10.7 Å². The largest absolute Gasteiger partial charge is 0.394 e. The Hall–Kier alpha value is -9.12. The van der Waals surface area contributed by atoms with E-state index in [9.17, 15) is 44.4 Å². The number of nitrogens with zero attached hydrogens (tertiary/aromatic N) is 5. The van der Waals surface area contributed by atoms with Gasteiger partial charge in [-0.3, -0.25) is 33.6 Å². The Morgan fingerprint density at radius 1 is 0.578 bits per heavy atom. The Balaban J connectivity index is 0.000000169. The molecule has 0 unspecified atom stereocenters. The monoisotopic (exact) mass is 1220 g/mol. The van der Waals surface area contributed by atoms with E-state index in [1.165, 1.54) is 30.7 Å². The fraction of sp³-hybridized carbons (Fsp3) is 0.0339. The minimum atomic E-state index is -4.16. The number of benzene rings is 5. The van der Waals surface area contributed by atoms with Gasteiger partial charge in [-0.15, -0.1) is 0 Å². The fourth-order valence-corrected chi connectivity index (χ4v) is 11.2. The van der Waals surface area contributed by atoms with Crippen LogP contribution in [0.5, 0.6) is 0 Å². The second-order valence-corrected chi connectivity index (χ2v) is 23.3. The molecule has 24 heteroatoms. The molecule has 0 spiro atoms. The van der Waals surface area contributed by atoms with E-state index in [2.05, 4.69) is 24.9 Å². The van der Waals surface area contributed by atoms with Gasteiger partial charge in [-0.2, -0.15) is 0 Å². The number of sulfonamides is 1. The molecule has 5 aromatic carbocycles. The zero-order valence-electron chi connectivity index (χ0n) is 42.4. The van der Waals surface area contributed by atoms with Gasteiger partial charge in [0.1, 0.15) is 34.3 Å². The summed E-state index contributed by atoms with van der Waals surface area (Å²) in [6.07, 6.45) is 12.2. The molecule has 0 aliphatic rings. The number of carbonyl (C=O) groups is 3. The number of nitrogens with one attached hydrogen (secondary N) is 2. The van der Waals surface area contributed by atoms with Crippen LogP contribution >= 0.6 is 33.9 Å². The smallest absolute Gasteiger partial charge is 0.266 e. The highest BCUT2D eigenvalue weighted by atomic mass is 35.7. The van der Waals surface area contributed by atoms with Gasteiger partial charge in [-0.05, 0) is 95.1 Å². The average Bonchev–Trinajstić information content (AvgIpc) is 4.27. The number of hydrogen-bond acceptors (Lipinski definition) is 12. The third-order valence-electron chi connectivity index (χ3n) is 12.4. The molecule has 0 aliphatic carbocycles. The number of nitrogen functional groups attached to an aromatic ring is 1. The molecule has 15 nitrogen and oxygen atoms in total. The van der Waals surface area contributed by atoms with Crippen molar-refractivity contribution in [3.8, 4) is 22.3 Å². The van der Waals surface area contributed by atoms with E-state index < -0.39 is 88.1 Å². The zero-order chi connectivity index (χ0) is 59.2. The summed E-state index contributed by atoms with van der Waals surface area (Å²) in [5.41, 5.74) is 7.50. The van der Waals surface area contributed by atoms with Gasteiger partial charge >= 0.3 is 0 Å². The number of carbonyl (C=O) groups excluding carboxylic acids is 3. The maximum Gasteiger partial charge on any atom is 0.266 e. The van der Waals surface area contributed by atoms with Crippen LogP contribution < -0.4 is 10.5 Å². The molecule has 6 aromatic heterocycles. The quantitative estimate of drug-likeness (QED) is 0.0424. The summed E-state index contributed by atoms with van der Waals surface area (Å²) in [4.78, 5) is 59.9. The Morgan fingerprint density at radius 2 is 1.10 bits per heavy atom. The van der Waals surface area contributed by atoms with Crippen molar-refractivity contribution in [1.82, 2.24) is 29.5 Å². The molecule has 0 aliphatic heterocycles. The van der Waals surface area contributed by atoms with Crippen molar-refractivity contribution in [3.05, 3.63) is 261 Å². The van der Waals surface area contributed by atoms with Crippen LogP contribution in [0.2, 0.25) is 10.0 Å². The van der Waals surface area contributed by atoms with Gasteiger partial charge in [-0.25, -0.2) is 44.4 Å². The van der Waals surface area contributed by atoms with Gasteiger partial charge in [0.15, 0.2) is 23.2 Å². The summed E-state index contributed by atoms with van der Waals surface area (Å²) < 4.78 is 108. The van der Waals surface area contributed by atoms with Crippen LogP contribution in [-0.4, -0.2) is 63.8 Å². The van der Waals surface area contributed by atoms with Crippen molar-refractivity contribution in [2.45, 2.75) is 11.5 Å². The topological polar surface area (TPSA) is 230 Å². The highest BCUT2D eigenvalue weighted by molar-refractivity contribution is 8.13. The van der Waals surface area contributed by atoms with Crippen molar-refractivity contribution in [3.63, 3.8) is 0 Å². The summed E-state index contributed by atoms with van der Waals surface area (Å²) in [6, 6.07) is 35.8. The van der Waals surface area contributed by atoms with E-state index in [1.54, 1.807) is 128 Å². The van der Waals surface area contributed by atoms with Gasteiger partial charge in [-0.1, -0.05) is 89.9 Å². The minimum Gasteiger partial charge on any atom is -0.394 e. The molecule has 11 aromatic rings. The van der Waals surface area contributed by atoms with E-state index in [4.69, 9.17) is 39.6 Å². The maximum absolute atomic E-state index is 15.4. The lowest BCUT2D eigenvalue weighted by Gasteiger charge is -2.12. The Bertz CT molecular complexity index is 4490. The third-order valence-corrected chi connectivity index (χ3v) is 15.3. The second kappa shape index (κ2) is 24.9. The van der Waals surface area contributed by atoms with Crippen LogP contribution in [0.25, 0.3) is 44.3 Å². The van der Waals surface area contributed by atoms with Crippen LogP contribution in [0, 0.1) is 23.3 Å². The first-order valence-corrected chi connectivity index (χ1v) is 29.2. The second-order valence-electron chi connectivity index (χ2n) is 18.0. The number of fused-ring (bicyclic) bond motifs is 2. The van der Waals surface area contributed by atoms with E-state index in [0.29, 0.717) is 33.3 Å². The van der Waals surface area contributed by atoms with Gasteiger partial charge in [0.2, 0.25) is 19.1 Å². The molecular formula is C59H39Cl3F4N8O7S2. The van der Waals surface area contributed by atoms with Crippen LogP contribution in [0.15, 0.2) is 189 Å². The lowest BCUT2D eigenvalue weighted by molar-refractivity contribution is 0.0963. The summed E-state index contributed by atoms with van der Waals surface area (Å²) >= 11 is 12.5. The molecule has 418 valence electrons. The third kappa shape index (κ3) is 13.5. The van der Waals surface area contributed by atoms with Crippen LogP contribution in [-0.2, 0) is 30.6 Å². The van der Waals surface area contributed by atoms with Crippen LogP contribution in [0.1, 0.15) is 53.3 Å². The number of halogens is 7. The van der Waals surface area contributed by atoms with Crippen LogP contribution in [0.3, 0.4) is 0 Å². The molecule has 0 saturated carbocycles. The number of aromatic nitrogens is 6. The molecule has 6 heterocycles. The summed E-state index contributed by atoms with van der Waals surface area (Å²) in [7, 11) is -2.53. The molecule has 0 saturated heterocycles. The number of nitrogens with two attached hydrogens (primary N) is 1. The fourth-order valence-electron chi connectivity index (χ4n) is 8.48. The Morgan fingerprint density at radius 3 is 1.67 bits per heavy atom. The van der Waals surface area contributed by atoms with Gasteiger partial charge in [0.05, 0.1) is 43.8 Å². The van der Waals surface area contributed by atoms with Gasteiger partial charge in [0, 0.05) is 87.7 Å². The summed E-state index contributed by atoms with van der Waals surface area (Å²) in [6.45, 7) is 0. The SMILES string of the molecule is Nc1c(F)ccc(C(=O)c2cn(C(=O)c3c(Cl)cccc3Cl)c3ncc(-c4ccncc4)cc23)c1F.O=C(c1ccc(F)c(NS(=O)(=O)Cc2ccccc2)c1F)c1c[nH]c2ncc(-c3ccncc3)cc12.O=S(=O)(Cl)Cc1ccccc1. The average molecular weight is 1220 g/mol.